The molecule has 314 valence electrons. The molecule has 0 spiro atoms. The molecule has 0 aromatic heterocycles. The topological polar surface area (TPSA) is 117 Å². The summed E-state index contributed by atoms with van der Waals surface area (Å²) in [6.07, 6.45) is -9.01. The van der Waals surface area contributed by atoms with E-state index in [1.165, 1.54) is 11.8 Å². The molecule has 11 nitrogen and oxygen atoms in total. The molecule has 3 saturated heterocycles. The number of fused-ring (bicyclic) bond motifs is 1. The lowest BCUT2D eigenvalue weighted by Gasteiger charge is -2.56. The first-order valence-corrected chi connectivity index (χ1v) is 20.6. The van der Waals surface area contributed by atoms with Gasteiger partial charge in [0, 0.05) is 25.3 Å². The molecule has 5 aromatic carbocycles. The molecule has 8 rings (SSSR count). The van der Waals surface area contributed by atoms with Crippen LogP contribution in [0.15, 0.2) is 152 Å². The number of rotatable bonds is 15. The Hall–Kier alpha value is -4.79. The number of benzene rings is 5. The maximum absolute atomic E-state index is 14.4. The molecular weight excluding hydrogens is 763 g/mol. The number of hydrogen-bond acceptors (Lipinski definition) is 10. The average molecular weight is 815 g/mol. The Morgan fingerprint density at radius 3 is 1.63 bits per heavy atom. The van der Waals surface area contributed by atoms with E-state index in [1.807, 2.05) is 159 Å². The van der Waals surface area contributed by atoms with E-state index in [9.17, 15) is 9.90 Å². The van der Waals surface area contributed by atoms with Crippen LogP contribution in [0.25, 0.3) is 0 Å². The number of ether oxygens (including phenoxy) is 8. The van der Waals surface area contributed by atoms with Crippen LogP contribution in [0.4, 0.5) is 0 Å². The zero-order chi connectivity index (χ0) is 41.3. The van der Waals surface area contributed by atoms with Gasteiger partial charge in [-0.3, -0.25) is 4.79 Å². The quantitative estimate of drug-likeness (QED) is 0.116. The van der Waals surface area contributed by atoms with E-state index in [4.69, 9.17) is 37.9 Å². The summed E-state index contributed by atoms with van der Waals surface area (Å²) in [5.41, 5.74) is 4.54. The molecule has 0 aliphatic carbocycles. The van der Waals surface area contributed by atoms with Crippen LogP contribution in [0.5, 0.6) is 0 Å². The Morgan fingerprint density at radius 2 is 1.10 bits per heavy atom. The third-order valence-electron chi connectivity index (χ3n) is 11.2. The van der Waals surface area contributed by atoms with E-state index in [1.54, 1.807) is 0 Å². The first-order chi connectivity index (χ1) is 29.4. The lowest BCUT2D eigenvalue weighted by molar-refractivity contribution is -0.535. The zero-order valence-electron chi connectivity index (χ0n) is 33.8. The van der Waals surface area contributed by atoms with Crippen molar-refractivity contribution in [3.63, 3.8) is 0 Å². The summed E-state index contributed by atoms with van der Waals surface area (Å²) in [6.45, 7) is 4.38. The Bertz CT molecular complexity index is 2050. The molecule has 0 radical (unpaired) electrons. The van der Waals surface area contributed by atoms with Crippen LogP contribution in [0.3, 0.4) is 0 Å². The van der Waals surface area contributed by atoms with E-state index in [0.29, 0.717) is 6.61 Å². The standard InChI is InChI=1S/C49H52NO10/c1-33-42(53-29-36-20-10-4-11-21-36)45(54-30-37-22-12-5-13-23-37)46(55-31-38-24-14-6-15-25-38)49(57-33)60-44-41(50(34(2)51)28-35-18-8-3-9-19-35)47(52)58-40-32-56-48(59-43(40)44)39-26-16-7-17-27-39/h3-27,33,40-49H,28-32H2,1-2H3/q-1/t33-,40+,41+,42+,43+,44+,45+,46-,47-,48?,49-/m0/s1. The Morgan fingerprint density at radius 1 is 0.617 bits per heavy atom. The third-order valence-corrected chi connectivity index (χ3v) is 11.2. The molecule has 1 unspecified atom stereocenters. The van der Waals surface area contributed by atoms with Gasteiger partial charge in [0.25, 0.3) is 0 Å². The maximum atomic E-state index is 14.4. The minimum Gasteiger partial charge on any atom is -0.829 e. The van der Waals surface area contributed by atoms with E-state index in [0.717, 1.165) is 27.8 Å². The highest BCUT2D eigenvalue weighted by Gasteiger charge is 2.54. The molecule has 1 amide bonds. The Balaban J connectivity index is 1.17. The molecular formula is C49H52NO10-. The highest BCUT2D eigenvalue weighted by atomic mass is 16.8. The van der Waals surface area contributed by atoms with E-state index < -0.39 is 67.6 Å². The van der Waals surface area contributed by atoms with Gasteiger partial charge in [-0.1, -0.05) is 152 Å². The predicted octanol–water partition coefficient (Wildman–Crippen LogP) is 6.49. The number of carbonyl (C=O) groups excluding carboxylic acids is 1. The van der Waals surface area contributed by atoms with Crippen molar-refractivity contribution in [2.24, 2.45) is 0 Å². The molecule has 0 saturated carbocycles. The van der Waals surface area contributed by atoms with Crippen molar-refractivity contribution in [2.75, 3.05) is 6.61 Å². The molecule has 3 aliphatic heterocycles. The van der Waals surface area contributed by atoms with Gasteiger partial charge in [-0.05, 0) is 29.2 Å². The van der Waals surface area contributed by atoms with Crippen molar-refractivity contribution >= 4 is 5.91 Å². The largest absolute Gasteiger partial charge is 0.829 e. The molecule has 11 heteroatoms. The molecule has 0 bridgehead atoms. The SMILES string of the molecule is CC(=O)N(Cc1ccccc1)[C@@H]1[C@@H](O[C@@H]2O[C@@H](C)[C@@H](OCc3ccccc3)[C@@H](OCc3ccccc3)[C@@H]2OCc2ccccc2)[C@@H]2OC(c3ccccc3)OC[C@H]2O[C@@H]1[O-]. The van der Waals surface area contributed by atoms with Crippen LogP contribution in [-0.2, 0) is 69.1 Å². The summed E-state index contributed by atoms with van der Waals surface area (Å²) in [5, 5.41) is 14.4. The van der Waals surface area contributed by atoms with Crippen LogP contribution in [-0.4, -0.2) is 78.8 Å². The lowest BCUT2D eigenvalue weighted by atomic mass is 9.93. The fourth-order valence-corrected chi connectivity index (χ4v) is 8.16. The van der Waals surface area contributed by atoms with Gasteiger partial charge in [-0.15, -0.1) is 0 Å². The summed E-state index contributed by atoms with van der Waals surface area (Å²) in [5.74, 6) is -0.319. The Kier molecular flexibility index (Phi) is 14.1. The summed E-state index contributed by atoms with van der Waals surface area (Å²) in [7, 11) is 0. The summed E-state index contributed by atoms with van der Waals surface area (Å²) < 4.78 is 53.3. The second kappa shape index (κ2) is 20.2. The molecule has 11 atom stereocenters. The molecule has 5 aromatic rings. The minimum atomic E-state index is -1.71. The number of nitrogens with zero attached hydrogens (tertiary/aromatic N) is 1. The van der Waals surface area contributed by atoms with Gasteiger partial charge >= 0.3 is 0 Å². The van der Waals surface area contributed by atoms with E-state index >= 15 is 0 Å². The molecule has 0 N–H and O–H groups in total. The van der Waals surface area contributed by atoms with Crippen molar-refractivity contribution < 1.29 is 47.8 Å². The fourth-order valence-electron chi connectivity index (χ4n) is 8.16. The van der Waals surface area contributed by atoms with Crippen LogP contribution in [0, 0.1) is 0 Å². The normalized spacial score (nSPS) is 29.0. The highest BCUT2D eigenvalue weighted by molar-refractivity contribution is 5.73. The smallest absolute Gasteiger partial charge is 0.220 e. The first kappa shape index (κ1) is 41.9. The fraction of sp³-hybridized carbons (Fsp3) is 0.367. The molecule has 3 fully saturated rings. The lowest BCUT2D eigenvalue weighted by Crippen LogP contribution is -2.71. The van der Waals surface area contributed by atoms with Crippen molar-refractivity contribution in [3.8, 4) is 0 Å². The maximum Gasteiger partial charge on any atom is 0.220 e. The van der Waals surface area contributed by atoms with Crippen LogP contribution in [0.2, 0.25) is 0 Å². The van der Waals surface area contributed by atoms with E-state index in [2.05, 4.69) is 0 Å². The van der Waals surface area contributed by atoms with Crippen molar-refractivity contribution in [1.29, 1.82) is 0 Å². The van der Waals surface area contributed by atoms with Crippen LogP contribution >= 0.6 is 0 Å². The second-order valence-corrected chi connectivity index (χ2v) is 15.4. The first-order valence-electron chi connectivity index (χ1n) is 20.6. The van der Waals surface area contributed by atoms with Gasteiger partial charge in [-0.2, -0.15) is 0 Å². The number of amides is 1. The van der Waals surface area contributed by atoms with Crippen molar-refractivity contribution in [2.45, 2.75) is 108 Å². The number of carbonyl (C=O) groups is 1. The van der Waals surface area contributed by atoms with Gasteiger partial charge in [0.2, 0.25) is 5.91 Å². The van der Waals surface area contributed by atoms with Crippen molar-refractivity contribution in [3.05, 3.63) is 179 Å². The number of hydrogen-bond donors (Lipinski definition) is 0. The summed E-state index contributed by atoms with van der Waals surface area (Å²) in [6, 6.07) is 47.6. The summed E-state index contributed by atoms with van der Waals surface area (Å²) >= 11 is 0. The monoisotopic (exact) mass is 814 g/mol. The molecule has 3 heterocycles. The zero-order valence-corrected chi connectivity index (χ0v) is 33.8. The third kappa shape index (κ3) is 10.2. The van der Waals surface area contributed by atoms with Gasteiger partial charge < -0.3 is 47.9 Å². The second-order valence-electron chi connectivity index (χ2n) is 15.4. The van der Waals surface area contributed by atoms with Gasteiger partial charge in [0.1, 0.15) is 36.6 Å². The summed E-state index contributed by atoms with van der Waals surface area (Å²) in [4.78, 5) is 15.2. The van der Waals surface area contributed by atoms with Crippen LogP contribution in [0.1, 0.15) is 48.0 Å². The highest BCUT2D eigenvalue weighted by Crippen LogP contribution is 2.39. The van der Waals surface area contributed by atoms with E-state index in [-0.39, 0.29) is 32.3 Å². The average Bonchev–Trinajstić information content (AvgIpc) is 3.28. The predicted molar refractivity (Wildman–Crippen MR) is 219 cm³/mol. The van der Waals surface area contributed by atoms with Gasteiger partial charge in [-0.25, -0.2) is 0 Å². The van der Waals surface area contributed by atoms with Crippen molar-refractivity contribution in [1.82, 2.24) is 4.90 Å². The van der Waals surface area contributed by atoms with Gasteiger partial charge in [0.15, 0.2) is 12.6 Å². The Labute approximate surface area is 351 Å². The van der Waals surface area contributed by atoms with Crippen LogP contribution < -0.4 is 5.11 Å². The minimum absolute atomic E-state index is 0.0718. The molecule has 60 heavy (non-hydrogen) atoms. The molecule has 3 aliphatic rings. The van der Waals surface area contributed by atoms with Gasteiger partial charge in [0.05, 0.1) is 38.6 Å².